The first-order valence-electron chi connectivity index (χ1n) is 13.0. The summed E-state index contributed by atoms with van der Waals surface area (Å²) in [5.41, 5.74) is 5.44. The number of rotatable bonds is 8. The van der Waals surface area contributed by atoms with Crippen molar-refractivity contribution in [2.24, 2.45) is 5.92 Å². The molecule has 37 heavy (non-hydrogen) atoms. The normalized spacial score (nSPS) is 20.1. The molecular weight excluding hydrogens is 468 g/mol. The Hall–Kier alpha value is -2.94. The molecule has 0 aliphatic carbocycles. The number of aliphatic hydroxyl groups is 1. The summed E-state index contributed by atoms with van der Waals surface area (Å²) in [7, 11) is 2.00. The number of aromatic nitrogens is 2. The van der Waals surface area contributed by atoms with Gasteiger partial charge in [-0.3, -0.25) is 10.1 Å². The molecule has 8 nitrogen and oxygen atoms in total. The van der Waals surface area contributed by atoms with Crippen molar-refractivity contribution in [3.05, 3.63) is 59.7 Å². The molecule has 1 saturated heterocycles. The number of nitrogens with zero attached hydrogens (tertiary/aromatic N) is 3. The van der Waals surface area contributed by atoms with Gasteiger partial charge >= 0.3 is 5.97 Å². The smallest absolute Gasteiger partial charge is 0.326 e. The highest BCUT2D eigenvalue weighted by Gasteiger charge is 2.29. The fraction of sp³-hybridized carbons (Fsp3) is 0.517. The Bertz CT molecular complexity index is 1230. The van der Waals surface area contributed by atoms with E-state index < -0.39 is 23.7 Å². The quantitative estimate of drug-likeness (QED) is 0.521. The van der Waals surface area contributed by atoms with Gasteiger partial charge in [0.15, 0.2) is 0 Å². The van der Waals surface area contributed by atoms with Gasteiger partial charge < -0.3 is 24.0 Å². The van der Waals surface area contributed by atoms with Gasteiger partial charge in [-0.05, 0) is 70.4 Å². The fourth-order valence-electron chi connectivity index (χ4n) is 4.75. The summed E-state index contributed by atoms with van der Waals surface area (Å²) >= 11 is 0. The van der Waals surface area contributed by atoms with E-state index in [4.69, 9.17) is 14.5 Å². The number of allylic oxidation sites excluding steroid dienone is 3. The average Bonchev–Trinajstić information content (AvgIpc) is 3.44. The number of esters is 1. The van der Waals surface area contributed by atoms with E-state index in [0.29, 0.717) is 12.5 Å². The van der Waals surface area contributed by atoms with E-state index in [0.717, 1.165) is 65.4 Å². The number of fused-ring (bicyclic) bond motifs is 1. The number of carbonyl (C=O) groups is 1. The summed E-state index contributed by atoms with van der Waals surface area (Å²) in [5, 5.41) is 13.4. The second-order valence-corrected chi connectivity index (χ2v) is 11.2. The van der Waals surface area contributed by atoms with E-state index in [-0.39, 0.29) is 0 Å². The van der Waals surface area contributed by atoms with Crippen molar-refractivity contribution >= 4 is 22.6 Å². The van der Waals surface area contributed by atoms with Crippen molar-refractivity contribution < 1.29 is 19.4 Å². The monoisotopic (exact) mass is 508 g/mol. The van der Waals surface area contributed by atoms with Gasteiger partial charge in [0.05, 0.1) is 23.7 Å². The Balaban J connectivity index is 1.65. The summed E-state index contributed by atoms with van der Waals surface area (Å²) in [6, 6.07) is 5.32. The van der Waals surface area contributed by atoms with E-state index in [1.54, 1.807) is 6.92 Å². The molecule has 3 heterocycles. The third-order valence-corrected chi connectivity index (χ3v) is 6.79. The first-order valence-corrected chi connectivity index (χ1v) is 13.0. The predicted octanol–water partition coefficient (Wildman–Crippen LogP) is 4.00. The number of hydrogen-bond acceptors (Lipinski definition) is 7. The van der Waals surface area contributed by atoms with Crippen molar-refractivity contribution in [2.45, 2.75) is 71.9 Å². The highest BCUT2D eigenvalue weighted by molar-refractivity contribution is 5.84. The van der Waals surface area contributed by atoms with Gasteiger partial charge in [0.25, 0.3) is 0 Å². The number of carbonyl (C=O) groups excluding carboxylic acids is 1. The van der Waals surface area contributed by atoms with Crippen LogP contribution < -0.4 is 5.32 Å². The van der Waals surface area contributed by atoms with Crippen molar-refractivity contribution in [3.63, 3.8) is 0 Å². The minimum absolute atomic E-state index is 0.405. The Morgan fingerprint density at radius 3 is 2.76 bits per heavy atom. The molecule has 4 rings (SSSR count). The van der Waals surface area contributed by atoms with Crippen LogP contribution in [-0.4, -0.2) is 63.5 Å². The maximum atomic E-state index is 12.6. The van der Waals surface area contributed by atoms with Crippen molar-refractivity contribution in [1.82, 2.24) is 19.8 Å². The number of ether oxygens (including phenoxy) is 2. The summed E-state index contributed by atoms with van der Waals surface area (Å²) in [5.74, 6) is 0.877. The highest BCUT2D eigenvalue weighted by atomic mass is 16.6. The third-order valence-electron chi connectivity index (χ3n) is 6.79. The van der Waals surface area contributed by atoms with E-state index in [1.165, 1.54) is 0 Å². The minimum atomic E-state index is -0.891. The lowest BCUT2D eigenvalue weighted by Crippen LogP contribution is -2.47. The molecule has 0 amide bonds. The molecule has 0 saturated carbocycles. The molecular formula is C29H40N4O4. The predicted molar refractivity (Wildman–Crippen MR) is 145 cm³/mol. The van der Waals surface area contributed by atoms with E-state index in [9.17, 15) is 9.90 Å². The molecule has 1 aromatic carbocycles. The number of likely N-dealkylation sites (N-methyl/N-ethyl adjacent to an activating group) is 1. The Labute approximate surface area is 219 Å². The Kier molecular flexibility index (Phi) is 7.92. The minimum Gasteiger partial charge on any atom is -0.459 e. The van der Waals surface area contributed by atoms with Crippen LogP contribution >= 0.6 is 0 Å². The van der Waals surface area contributed by atoms with Crippen LogP contribution in [0.5, 0.6) is 0 Å². The zero-order valence-electron chi connectivity index (χ0n) is 22.9. The molecule has 3 atom stereocenters. The van der Waals surface area contributed by atoms with Crippen LogP contribution in [0, 0.1) is 5.92 Å². The highest BCUT2D eigenvalue weighted by Crippen LogP contribution is 2.31. The summed E-state index contributed by atoms with van der Waals surface area (Å²) in [6.07, 6.45) is 4.35. The number of hydrogen-bond donors (Lipinski definition) is 2. The van der Waals surface area contributed by atoms with Crippen LogP contribution in [0.2, 0.25) is 0 Å². The van der Waals surface area contributed by atoms with Gasteiger partial charge in [-0.1, -0.05) is 12.6 Å². The zero-order chi connectivity index (χ0) is 26.9. The number of aliphatic hydroxyl groups excluding tert-OH is 1. The molecule has 0 radical (unpaired) electrons. The third kappa shape index (κ3) is 6.32. The first kappa shape index (κ1) is 27.1. The lowest BCUT2D eigenvalue weighted by molar-refractivity contribution is -0.160. The van der Waals surface area contributed by atoms with Crippen LogP contribution in [0.15, 0.2) is 48.3 Å². The molecule has 2 aromatic rings. The van der Waals surface area contributed by atoms with Crippen LogP contribution in [0.3, 0.4) is 0 Å². The van der Waals surface area contributed by atoms with E-state index >= 15 is 0 Å². The Morgan fingerprint density at radius 2 is 2.14 bits per heavy atom. The fourth-order valence-corrected chi connectivity index (χ4v) is 4.75. The molecule has 1 fully saturated rings. The summed E-state index contributed by atoms with van der Waals surface area (Å²) < 4.78 is 13.4. The summed E-state index contributed by atoms with van der Waals surface area (Å²) in [4.78, 5) is 19.7. The molecule has 2 aliphatic heterocycles. The standard InChI is InChI=1S/C29H40N4O4/c1-18-12-23(16-32(7)19(18)2)27-31-24-9-8-21(13-25(24)33(27)15-22-10-11-36-17-22)14-30-26(20(3)34)28(35)37-29(4,5)6/h8-9,12-13,16,20,22,26,30,34H,2,10-11,14-15,17H2,1,3-7H3/t20-,22?,26+/m1/s1. The number of benzene rings is 1. The molecule has 2 aliphatic rings. The lowest BCUT2D eigenvalue weighted by Gasteiger charge is -2.26. The van der Waals surface area contributed by atoms with Crippen molar-refractivity contribution in [3.8, 4) is 0 Å². The molecule has 1 aromatic heterocycles. The topological polar surface area (TPSA) is 88.8 Å². The first-order chi connectivity index (χ1) is 17.4. The van der Waals surface area contributed by atoms with Gasteiger partial charge in [0.2, 0.25) is 0 Å². The van der Waals surface area contributed by atoms with E-state index in [2.05, 4.69) is 41.7 Å². The number of imidazole rings is 1. The molecule has 0 spiro atoms. The van der Waals surface area contributed by atoms with Gasteiger partial charge in [-0.25, -0.2) is 4.98 Å². The molecule has 1 unspecified atom stereocenters. The molecule has 200 valence electrons. The van der Waals surface area contributed by atoms with Gasteiger partial charge in [-0.2, -0.15) is 0 Å². The van der Waals surface area contributed by atoms with Crippen molar-refractivity contribution in [1.29, 1.82) is 0 Å². The maximum Gasteiger partial charge on any atom is 0.326 e. The van der Waals surface area contributed by atoms with Crippen LogP contribution in [0.4, 0.5) is 0 Å². The SMILES string of the molecule is C=C1C(C)=CC(c2nc3ccc(CN[C@H](C(=O)OC(C)(C)C)[C@@H](C)O)cc3n2CC2CCOC2)=CN1C. The molecule has 2 N–H and O–H groups in total. The van der Waals surface area contributed by atoms with Gasteiger partial charge in [0, 0.05) is 50.1 Å². The molecule has 0 bridgehead atoms. The molecule has 8 heteroatoms. The maximum absolute atomic E-state index is 12.6. The second-order valence-electron chi connectivity index (χ2n) is 11.2. The zero-order valence-corrected chi connectivity index (χ0v) is 22.9. The van der Waals surface area contributed by atoms with E-state index in [1.807, 2.05) is 44.9 Å². The number of nitrogens with one attached hydrogen (secondary N) is 1. The van der Waals surface area contributed by atoms with Gasteiger partial charge in [-0.15, -0.1) is 0 Å². The van der Waals surface area contributed by atoms with Gasteiger partial charge in [0.1, 0.15) is 17.5 Å². The van der Waals surface area contributed by atoms with Crippen LogP contribution in [0.1, 0.15) is 52.4 Å². The second kappa shape index (κ2) is 10.8. The van der Waals surface area contributed by atoms with Crippen molar-refractivity contribution in [2.75, 3.05) is 20.3 Å². The lowest BCUT2D eigenvalue weighted by atomic mass is 10.1. The average molecular weight is 509 g/mol. The van der Waals surface area contributed by atoms with Crippen LogP contribution in [-0.2, 0) is 27.4 Å². The Morgan fingerprint density at radius 1 is 1.38 bits per heavy atom. The van der Waals surface area contributed by atoms with Crippen LogP contribution in [0.25, 0.3) is 16.6 Å². The summed E-state index contributed by atoms with van der Waals surface area (Å²) in [6.45, 7) is 16.0. The largest absolute Gasteiger partial charge is 0.459 e.